The van der Waals surface area contributed by atoms with Crippen molar-refractivity contribution in [2.75, 3.05) is 34.5 Å². The van der Waals surface area contributed by atoms with Gasteiger partial charge in [-0.2, -0.15) is 0 Å². The quantitative estimate of drug-likeness (QED) is 0.662. The molecule has 0 heterocycles. The predicted molar refractivity (Wildman–Crippen MR) is 88.1 cm³/mol. The SMILES string of the molecule is COc1ccc(OCCCOc2c(OC)cccc2OC)cc1. The first kappa shape index (κ1) is 16.8. The Labute approximate surface area is 136 Å². The van der Waals surface area contributed by atoms with Gasteiger partial charge in [0, 0.05) is 6.42 Å². The van der Waals surface area contributed by atoms with Gasteiger partial charge in [-0.25, -0.2) is 0 Å². The molecule has 5 heteroatoms. The van der Waals surface area contributed by atoms with Crippen LogP contribution in [0.5, 0.6) is 28.7 Å². The minimum atomic E-state index is 0.507. The average molecular weight is 318 g/mol. The smallest absolute Gasteiger partial charge is 0.203 e. The summed E-state index contributed by atoms with van der Waals surface area (Å²) in [6, 6.07) is 13.0. The predicted octanol–water partition coefficient (Wildman–Crippen LogP) is 3.56. The molecule has 2 aromatic carbocycles. The highest BCUT2D eigenvalue weighted by atomic mass is 16.5. The van der Waals surface area contributed by atoms with Gasteiger partial charge in [-0.05, 0) is 36.4 Å². The van der Waals surface area contributed by atoms with Crippen LogP contribution in [0.15, 0.2) is 42.5 Å². The van der Waals surface area contributed by atoms with Crippen LogP contribution < -0.4 is 23.7 Å². The van der Waals surface area contributed by atoms with E-state index in [0.29, 0.717) is 30.5 Å². The molecule has 0 aliphatic heterocycles. The fraction of sp³-hybridized carbons (Fsp3) is 0.333. The molecule has 0 spiro atoms. The van der Waals surface area contributed by atoms with Crippen molar-refractivity contribution in [3.05, 3.63) is 42.5 Å². The maximum atomic E-state index is 5.77. The van der Waals surface area contributed by atoms with E-state index in [-0.39, 0.29) is 0 Å². The highest BCUT2D eigenvalue weighted by Crippen LogP contribution is 2.36. The summed E-state index contributed by atoms with van der Waals surface area (Å²) in [4.78, 5) is 0. The average Bonchev–Trinajstić information content (AvgIpc) is 2.61. The fourth-order valence-electron chi connectivity index (χ4n) is 2.05. The second kappa shape index (κ2) is 8.78. The molecule has 0 aliphatic carbocycles. The van der Waals surface area contributed by atoms with E-state index in [0.717, 1.165) is 17.9 Å². The monoisotopic (exact) mass is 318 g/mol. The molecule has 0 saturated heterocycles. The Balaban J connectivity index is 1.79. The van der Waals surface area contributed by atoms with Crippen LogP contribution in [-0.2, 0) is 0 Å². The summed E-state index contributed by atoms with van der Waals surface area (Å²) in [5.41, 5.74) is 0. The Morgan fingerprint density at radius 3 is 1.78 bits per heavy atom. The van der Waals surface area contributed by atoms with Crippen LogP contribution in [0.25, 0.3) is 0 Å². The summed E-state index contributed by atoms with van der Waals surface area (Å²) < 4.78 is 27.1. The minimum absolute atomic E-state index is 0.507. The molecule has 0 unspecified atom stereocenters. The highest BCUT2D eigenvalue weighted by Gasteiger charge is 2.10. The molecule has 2 rings (SSSR count). The molecule has 0 N–H and O–H groups in total. The zero-order valence-corrected chi connectivity index (χ0v) is 13.7. The molecular formula is C18H22O5. The first-order chi connectivity index (χ1) is 11.3. The third kappa shape index (κ3) is 4.71. The molecule has 0 bridgehead atoms. The van der Waals surface area contributed by atoms with Gasteiger partial charge < -0.3 is 23.7 Å². The lowest BCUT2D eigenvalue weighted by atomic mass is 10.3. The van der Waals surface area contributed by atoms with Crippen LogP contribution in [0.3, 0.4) is 0 Å². The molecule has 124 valence electrons. The number of benzene rings is 2. The van der Waals surface area contributed by atoms with Gasteiger partial charge >= 0.3 is 0 Å². The van der Waals surface area contributed by atoms with Crippen molar-refractivity contribution >= 4 is 0 Å². The van der Waals surface area contributed by atoms with Crippen LogP contribution in [0.4, 0.5) is 0 Å². The zero-order chi connectivity index (χ0) is 16.5. The van der Waals surface area contributed by atoms with E-state index in [1.807, 2.05) is 42.5 Å². The molecule has 23 heavy (non-hydrogen) atoms. The lowest BCUT2D eigenvalue weighted by Gasteiger charge is -2.14. The first-order valence-electron chi connectivity index (χ1n) is 7.39. The number of ether oxygens (including phenoxy) is 5. The second-order valence-corrected chi connectivity index (χ2v) is 4.72. The van der Waals surface area contributed by atoms with Crippen molar-refractivity contribution in [1.29, 1.82) is 0 Å². The summed E-state index contributed by atoms with van der Waals surface area (Å²) in [7, 11) is 4.85. The Morgan fingerprint density at radius 1 is 0.652 bits per heavy atom. The number of rotatable bonds is 9. The summed E-state index contributed by atoms with van der Waals surface area (Å²) in [6.07, 6.45) is 0.743. The molecule has 0 aliphatic rings. The van der Waals surface area contributed by atoms with Gasteiger partial charge in [-0.3, -0.25) is 0 Å². The first-order valence-corrected chi connectivity index (χ1v) is 7.39. The van der Waals surface area contributed by atoms with Crippen molar-refractivity contribution in [3.8, 4) is 28.7 Å². The van der Waals surface area contributed by atoms with Gasteiger partial charge in [0.2, 0.25) is 5.75 Å². The number of hydrogen-bond donors (Lipinski definition) is 0. The van der Waals surface area contributed by atoms with Crippen molar-refractivity contribution < 1.29 is 23.7 Å². The molecular weight excluding hydrogens is 296 g/mol. The van der Waals surface area contributed by atoms with Crippen LogP contribution in [0.2, 0.25) is 0 Å². The van der Waals surface area contributed by atoms with Crippen molar-refractivity contribution in [1.82, 2.24) is 0 Å². The third-order valence-electron chi connectivity index (χ3n) is 3.25. The number of methoxy groups -OCH3 is 3. The van der Waals surface area contributed by atoms with Crippen LogP contribution in [0, 0.1) is 0 Å². The maximum absolute atomic E-state index is 5.77. The van der Waals surface area contributed by atoms with E-state index in [2.05, 4.69) is 0 Å². The van der Waals surface area contributed by atoms with Crippen LogP contribution in [0.1, 0.15) is 6.42 Å². The molecule has 0 amide bonds. The Bertz CT molecular complexity index is 573. The van der Waals surface area contributed by atoms with Gasteiger partial charge in [0.25, 0.3) is 0 Å². The molecule has 0 radical (unpaired) electrons. The molecule has 0 atom stereocenters. The summed E-state index contributed by atoms with van der Waals surface area (Å²) in [6.45, 7) is 1.07. The fourth-order valence-corrected chi connectivity index (χ4v) is 2.05. The van der Waals surface area contributed by atoms with Gasteiger partial charge in [-0.15, -0.1) is 0 Å². The minimum Gasteiger partial charge on any atom is -0.497 e. The van der Waals surface area contributed by atoms with E-state index in [9.17, 15) is 0 Å². The third-order valence-corrected chi connectivity index (χ3v) is 3.25. The maximum Gasteiger partial charge on any atom is 0.203 e. The van der Waals surface area contributed by atoms with E-state index in [1.165, 1.54) is 0 Å². The Kier molecular flexibility index (Phi) is 6.41. The lowest BCUT2D eigenvalue weighted by Crippen LogP contribution is -2.06. The molecule has 0 aromatic heterocycles. The number of hydrogen-bond acceptors (Lipinski definition) is 5. The van der Waals surface area contributed by atoms with Crippen molar-refractivity contribution in [2.45, 2.75) is 6.42 Å². The molecule has 0 saturated carbocycles. The van der Waals surface area contributed by atoms with Gasteiger partial charge in [0.05, 0.1) is 34.5 Å². The number of para-hydroxylation sites is 1. The van der Waals surface area contributed by atoms with Crippen LogP contribution >= 0.6 is 0 Å². The Hall–Kier alpha value is -2.56. The second-order valence-electron chi connectivity index (χ2n) is 4.72. The molecule has 0 fully saturated rings. The lowest BCUT2D eigenvalue weighted by molar-refractivity contribution is 0.232. The summed E-state index contributed by atoms with van der Waals surface area (Å²) >= 11 is 0. The molecule has 5 nitrogen and oxygen atoms in total. The summed E-state index contributed by atoms with van der Waals surface area (Å²) in [5.74, 6) is 3.53. The van der Waals surface area contributed by atoms with Gasteiger partial charge in [-0.1, -0.05) is 6.07 Å². The highest BCUT2D eigenvalue weighted by molar-refractivity contribution is 5.51. The topological polar surface area (TPSA) is 46.2 Å². The van der Waals surface area contributed by atoms with Crippen molar-refractivity contribution in [2.24, 2.45) is 0 Å². The standard InChI is InChI=1S/C18H22O5/c1-19-14-8-10-15(11-9-14)22-12-5-13-23-18-16(20-2)6-4-7-17(18)21-3/h4,6-11H,5,12-13H2,1-3H3. The van der Waals surface area contributed by atoms with Gasteiger partial charge in [0.1, 0.15) is 11.5 Å². The normalized spacial score (nSPS) is 10.0. The van der Waals surface area contributed by atoms with E-state index < -0.39 is 0 Å². The van der Waals surface area contributed by atoms with Gasteiger partial charge in [0.15, 0.2) is 11.5 Å². The molecule has 2 aromatic rings. The Morgan fingerprint density at radius 2 is 1.22 bits per heavy atom. The summed E-state index contributed by atoms with van der Waals surface area (Å²) in [5, 5.41) is 0. The van der Waals surface area contributed by atoms with E-state index in [4.69, 9.17) is 23.7 Å². The largest absolute Gasteiger partial charge is 0.497 e. The van der Waals surface area contributed by atoms with Crippen molar-refractivity contribution in [3.63, 3.8) is 0 Å². The van der Waals surface area contributed by atoms with Crippen LogP contribution in [-0.4, -0.2) is 34.5 Å². The van der Waals surface area contributed by atoms with E-state index in [1.54, 1.807) is 21.3 Å². The zero-order valence-electron chi connectivity index (χ0n) is 13.7. The van der Waals surface area contributed by atoms with E-state index >= 15 is 0 Å².